The van der Waals surface area contributed by atoms with Crippen molar-refractivity contribution >= 4 is 17.4 Å². The fourth-order valence-corrected chi connectivity index (χ4v) is 1.70. The average Bonchev–Trinajstić information content (AvgIpc) is 2.86. The summed E-state index contributed by atoms with van der Waals surface area (Å²) in [5, 5.41) is 10.5. The molecule has 106 valence electrons. The lowest BCUT2D eigenvalue weighted by Gasteiger charge is -2.16. The van der Waals surface area contributed by atoms with Gasteiger partial charge in [-0.15, -0.1) is 5.10 Å². The predicted molar refractivity (Wildman–Crippen MR) is 75.1 cm³/mol. The third-order valence-corrected chi connectivity index (χ3v) is 2.59. The molecule has 0 saturated carbocycles. The zero-order valence-corrected chi connectivity index (χ0v) is 11.4. The lowest BCUT2D eigenvalue weighted by atomic mass is 10.3. The van der Waals surface area contributed by atoms with E-state index in [2.05, 4.69) is 20.6 Å². The summed E-state index contributed by atoms with van der Waals surface area (Å²) < 4.78 is 1.45. The number of nitrogens with one attached hydrogen (secondary N) is 1. The zero-order valence-electron chi connectivity index (χ0n) is 11.4. The number of pyridine rings is 1. The molecule has 0 aliphatic rings. The monoisotopic (exact) mass is 275 g/mol. The minimum absolute atomic E-state index is 0.0781. The van der Waals surface area contributed by atoms with E-state index < -0.39 is 0 Å². The summed E-state index contributed by atoms with van der Waals surface area (Å²) in [7, 11) is 3.73. The molecule has 0 aromatic carbocycles. The van der Waals surface area contributed by atoms with Crippen LogP contribution in [0.15, 0.2) is 24.5 Å². The Morgan fingerprint density at radius 2 is 2.30 bits per heavy atom. The molecule has 2 rings (SSSR count). The number of nitrogens with zero attached hydrogens (tertiary/aromatic N) is 5. The Labute approximate surface area is 116 Å². The van der Waals surface area contributed by atoms with Crippen LogP contribution in [0.3, 0.4) is 0 Å². The highest BCUT2D eigenvalue weighted by Gasteiger charge is 2.10. The first-order valence-corrected chi connectivity index (χ1v) is 6.11. The van der Waals surface area contributed by atoms with E-state index in [1.807, 2.05) is 19.0 Å². The molecule has 0 aliphatic carbocycles. The molecule has 2 aromatic rings. The number of amides is 1. The number of nitrogens with two attached hydrogens (primary N) is 1. The van der Waals surface area contributed by atoms with Gasteiger partial charge in [0.1, 0.15) is 6.54 Å². The van der Waals surface area contributed by atoms with E-state index in [9.17, 15) is 4.79 Å². The van der Waals surface area contributed by atoms with Crippen LogP contribution < -0.4 is 16.0 Å². The number of rotatable bonds is 5. The third-order valence-electron chi connectivity index (χ3n) is 2.59. The summed E-state index contributed by atoms with van der Waals surface area (Å²) in [6, 6.07) is 3.57. The van der Waals surface area contributed by atoms with Crippen LogP contribution in [-0.2, 0) is 17.9 Å². The van der Waals surface area contributed by atoms with Crippen molar-refractivity contribution in [2.24, 2.45) is 5.73 Å². The molecule has 2 aromatic heterocycles. The van der Waals surface area contributed by atoms with Gasteiger partial charge in [0.05, 0.1) is 17.6 Å². The summed E-state index contributed by atoms with van der Waals surface area (Å²) in [5.74, 6) is 0.497. The minimum Gasteiger partial charge on any atom is -0.361 e. The molecule has 0 atom stereocenters. The molecular formula is C12H17N7O. The van der Waals surface area contributed by atoms with Crippen molar-refractivity contribution in [3.8, 4) is 0 Å². The van der Waals surface area contributed by atoms with Crippen LogP contribution in [0.2, 0.25) is 0 Å². The first-order valence-electron chi connectivity index (χ1n) is 6.11. The Kier molecular flexibility index (Phi) is 4.26. The van der Waals surface area contributed by atoms with Crippen molar-refractivity contribution in [1.82, 2.24) is 20.0 Å². The van der Waals surface area contributed by atoms with Gasteiger partial charge in [0.2, 0.25) is 5.91 Å². The lowest BCUT2D eigenvalue weighted by Crippen LogP contribution is -2.21. The van der Waals surface area contributed by atoms with Gasteiger partial charge >= 0.3 is 0 Å². The number of anilines is 2. The highest BCUT2D eigenvalue weighted by atomic mass is 16.2. The second-order valence-corrected chi connectivity index (χ2v) is 4.43. The van der Waals surface area contributed by atoms with Crippen LogP contribution in [0, 0.1) is 0 Å². The van der Waals surface area contributed by atoms with Gasteiger partial charge in [-0.2, -0.15) is 0 Å². The zero-order chi connectivity index (χ0) is 14.5. The molecule has 0 radical (unpaired) electrons. The molecule has 20 heavy (non-hydrogen) atoms. The molecule has 0 saturated heterocycles. The van der Waals surface area contributed by atoms with Gasteiger partial charge < -0.3 is 16.0 Å². The SMILES string of the molecule is CN(C)c1ncccc1NC(=O)Cn1cc(CN)nn1. The molecule has 1 amide bonds. The van der Waals surface area contributed by atoms with Crippen molar-refractivity contribution in [2.75, 3.05) is 24.3 Å². The average molecular weight is 275 g/mol. The molecule has 8 heteroatoms. The van der Waals surface area contributed by atoms with Gasteiger partial charge in [-0.05, 0) is 12.1 Å². The summed E-state index contributed by atoms with van der Waals surface area (Å²) in [4.78, 5) is 18.0. The summed E-state index contributed by atoms with van der Waals surface area (Å²) in [5.41, 5.74) is 6.74. The molecule has 3 N–H and O–H groups in total. The van der Waals surface area contributed by atoms with Crippen LogP contribution in [0.25, 0.3) is 0 Å². The Bertz CT molecular complexity index is 593. The smallest absolute Gasteiger partial charge is 0.246 e. The maximum absolute atomic E-state index is 12.0. The molecule has 8 nitrogen and oxygen atoms in total. The van der Waals surface area contributed by atoms with Crippen LogP contribution in [0.1, 0.15) is 5.69 Å². The van der Waals surface area contributed by atoms with Crippen molar-refractivity contribution in [1.29, 1.82) is 0 Å². The van der Waals surface area contributed by atoms with Crippen LogP contribution in [0.5, 0.6) is 0 Å². The number of hydrogen-bond acceptors (Lipinski definition) is 6. The Hall–Kier alpha value is -2.48. The van der Waals surface area contributed by atoms with Gasteiger partial charge in [0.15, 0.2) is 5.82 Å². The number of hydrogen-bond donors (Lipinski definition) is 2. The van der Waals surface area contributed by atoms with Gasteiger partial charge in [0, 0.05) is 26.8 Å². The minimum atomic E-state index is -0.199. The molecule has 0 unspecified atom stereocenters. The maximum Gasteiger partial charge on any atom is 0.246 e. The van der Waals surface area contributed by atoms with Gasteiger partial charge in [0.25, 0.3) is 0 Å². The Balaban J connectivity index is 2.04. The highest BCUT2D eigenvalue weighted by molar-refractivity contribution is 5.93. The summed E-state index contributed by atoms with van der Waals surface area (Å²) in [6.45, 7) is 0.379. The molecule has 2 heterocycles. The third kappa shape index (κ3) is 3.29. The van der Waals surface area contributed by atoms with Gasteiger partial charge in [-0.3, -0.25) is 4.79 Å². The molecule has 0 spiro atoms. The Morgan fingerprint density at radius 1 is 1.50 bits per heavy atom. The van der Waals surface area contributed by atoms with Crippen LogP contribution in [0.4, 0.5) is 11.5 Å². The van der Waals surface area contributed by atoms with Gasteiger partial charge in [-0.1, -0.05) is 5.21 Å². The quantitative estimate of drug-likeness (QED) is 0.786. The molecule has 0 fully saturated rings. The normalized spacial score (nSPS) is 10.3. The summed E-state index contributed by atoms with van der Waals surface area (Å²) in [6.07, 6.45) is 3.33. The van der Waals surface area contributed by atoms with Crippen LogP contribution in [-0.4, -0.2) is 40.0 Å². The van der Waals surface area contributed by atoms with Gasteiger partial charge in [-0.25, -0.2) is 9.67 Å². The standard InChI is InChI=1S/C12H17N7O/c1-18(2)12-10(4-3-5-14-12)15-11(20)8-19-7-9(6-13)16-17-19/h3-5,7H,6,8,13H2,1-2H3,(H,15,20). The number of carbonyl (C=O) groups is 1. The second-order valence-electron chi connectivity index (χ2n) is 4.43. The van der Waals surface area contributed by atoms with E-state index in [1.165, 1.54) is 4.68 Å². The molecule has 0 aliphatic heterocycles. The second kappa shape index (κ2) is 6.11. The van der Waals surface area contributed by atoms with E-state index in [-0.39, 0.29) is 12.5 Å². The predicted octanol–water partition coefficient (Wildman–Crippen LogP) is -0.163. The largest absolute Gasteiger partial charge is 0.361 e. The first kappa shape index (κ1) is 13.9. The van der Waals surface area contributed by atoms with Crippen molar-refractivity contribution in [3.63, 3.8) is 0 Å². The fourth-order valence-electron chi connectivity index (χ4n) is 1.70. The highest BCUT2D eigenvalue weighted by Crippen LogP contribution is 2.20. The van der Waals surface area contributed by atoms with E-state index in [1.54, 1.807) is 24.5 Å². The molecule has 0 bridgehead atoms. The van der Waals surface area contributed by atoms with E-state index in [0.29, 0.717) is 23.7 Å². The first-order chi connectivity index (χ1) is 9.60. The van der Waals surface area contributed by atoms with E-state index in [0.717, 1.165) is 0 Å². The van der Waals surface area contributed by atoms with Crippen molar-refractivity contribution in [3.05, 3.63) is 30.2 Å². The van der Waals surface area contributed by atoms with Crippen molar-refractivity contribution in [2.45, 2.75) is 13.1 Å². The maximum atomic E-state index is 12.0. The molecular weight excluding hydrogens is 258 g/mol. The Morgan fingerprint density at radius 3 is 2.95 bits per heavy atom. The van der Waals surface area contributed by atoms with Crippen LogP contribution >= 0.6 is 0 Å². The lowest BCUT2D eigenvalue weighted by molar-refractivity contribution is -0.116. The van der Waals surface area contributed by atoms with E-state index >= 15 is 0 Å². The number of aromatic nitrogens is 4. The fraction of sp³-hybridized carbons (Fsp3) is 0.333. The summed E-state index contributed by atoms with van der Waals surface area (Å²) >= 11 is 0. The van der Waals surface area contributed by atoms with E-state index in [4.69, 9.17) is 5.73 Å². The van der Waals surface area contributed by atoms with Crippen molar-refractivity contribution < 1.29 is 4.79 Å². The number of carbonyl (C=O) groups excluding carboxylic acids is 1. The topological polar surface area (TPSA) is 102 Å².